The summed E-state index contributed by atoms with van der Waals surface area (Å²) in [6, 6.07) is -0.499. The number of hydrogen-bond acceptors (Lipinski definition) is 6. The number of ether oxygens (including phenoxy) is 2. The number of nitrogens with zero attached hydrogens (tertiary/aromatic N) is 3. The molecule has 0 radical (unpaired) electrons. The average molecular weight is 268 g/mol. The predicted molar refractivity (Wildman–Crippen MR) is 66.3 cm³/mol. The summed E-state index contributed by atoms with van der Waals surface area (Å²) in [5.74, 6) is 0.511. The van der Waals surface area contributed by atoms with Gasteiger partial charge in [-0.3, -0.25) is 0 Å². The third-order valence-corrected chi connectivity index (χ3v) is 3.63. The van der Waals surface area contributed by atoms with Gasteiger partial charge in [-0.25, -0.2) is 9.67 Å². The van der Waals surface area contributed by atoms with Crippen LogP contribution in [0.1, 0.15) is 19.9 Å². The zero-order chi connectivity index (χ0) is 13.4. The first-order chi connectivity index (χ1) is 9.16. The molecule has 2 bridgehead atoms. The summed E-state index contributed by atoms with van der Waals surface area (Å²) in [5, 5.41) is 18.1. The number of fused-ring (bicyclic) bond motifs is 2. The quantitative estimate of drug-likeness (QED) is 0.770. The van der Waals surface area contributed by atoms with Gasteiger partial charge in [0.1, 0.15) is 24.8 Å². The summed E-state index contributed by atoms with van der Waals surface area (Å²) < 4.78 is 13.0. The lowest BCUT2D eigenvalue weighted by Crippen LogP contribution is -2.58. The lowest BCUT2D eigenvalue weighted by Gasteiger charge is -2.38. The maximum atomic E-state index is 10.6. The molecule has 3 heterocycles. The lowest BCUT2D eigenvalue weighted by atomic mass is 9.95. The van der Waals surface area contributed by atoms with E-state index in [1.165, 1.54) is 6.33 Å². The van der Waals surface area contributed by atoms with Crippen LogP contribution in [0.15, 0.2) is 12.7 Å². The molecule has 0 aromatic carbocycles. The summed E-state index contributed by atoms with van der Waals surface area (Å²) in [6.07, 6.45) is 1.88. The van der Waals surface area contributed by atoms with Gasteiger partial charge in [0.05, 0.1) is 18.8 Å². The number of nitrogens with one attached hydrogen (secondary N) is 1. The van der Waals surface area contributed by atoms with Crippen LogP contribution in [0.25, 0.3) is 0 Å². The summed E-state index contributed by atoms with van der Waals surface area (Å²) in [5.41, 5.74) is 0. The van der Waals surface area contributed by atoms with E-state index in [0.29, 0.717) is 12.5 Å². The highest BCUT2D eigenvalue weighted by Gasteiger charge is 2.51. The molecule has 5 atom stereocenters. The van der Waals surface area contributed by atoms with Crippen LogP contribution in [-0.4, -0.2) is 57.6 Å². The fourth-order valence-corrected chi connectivity index (χ4v) is 2.68. The highest BCUT2D eigenvalue weighted by molar-refractivity contribution is 4.99. The summed E-state index contributed by atoms with van der Waals surface area (Å²) in [4.78, 5) is 3.92. The van der Waals surface area contributed by atoms with Crippen molar-refractivity contribution >= 4 is 0 Å². The van der Waals surface area contributed by atoms with Gasteiger partial charge in [-0.15, -0.1) is 0 Å². The van der Waals surface area contributed by atoms with Crippen LogP contribution in [0.2, 0.25) is 0 Å². The third kappa shape index (κ3) is 2.38. The molecule has 0 spiro atoms. The summed E-state index contributed by atoms with van der Waals surface area (Å²) in [7, 11) is 0. The SMILES string of the molecule is CC(C)CNC1C2COC(O2)C(n2cncn2)C1O. The van der Waals surface area contributed by atoms with E-state index in [9.17, 15) is 5.11 Å². The fourth-order valence-electron chi connectivity index (χ4n) is 2.68. The topological polar surface area (TPSA) is 81.4 Å². The van der Waals surface area contributed by atoms with Crippen LogP contribution < -0.4 is 5.32 Å². The Hall–Kier alpha value is -1.02. The minimum atomic E-state index is -0.605. The molecule has 7 heteroatoms. The van der Waals surface area contributed by atoms with Crippen LogP contribution in [0.3, 0.4) is 0 Å². The van der Waals surface area contributed by atoms with Crippen molar-refractivity contribution in [2.45, 2.75) is 44.4 Å². The maximum Gasteiger partial charge on any atom is 0.183 e. The zero-order valence-corrected chi connectivity index (χ0v) is 11.1. The monoisotopic (exact) mass is 268 g/mol. The predicted octanol–water partition coefficient (Wildman–Crippen LogP) is -0.451. The van der Waals surface area contributed by atoms with Crippen molar-refractivity contribution in [2.75, 3.05) is 13.2 Å². The Morgan fingerprint density at radius 2 is 2.37 bits per heavy atom. The third-order valence-electron chi connectivity index (χ3n) is 3.63. The molecule has 2 aliphatic heterocycles. The number of aromatic nitrogens is 3. The molecule has 19 heavy (non-hydrogen) atoms. The second kappa shape index (κ2) is 5.16. The van der Waals surface area contributed by atoms with Crippen molar-refractivity contribution in [3.8, 4) is 0 Å². The van der Waals surface area contributed by atoms with E-state index in [4.69, 9.17) is 9.47 Å². The van der Waals surface area contributed by atoms with E-state index in [1.54, 1.807) is 11.0 Å². The molecule has 7 nitrogen and oxygen atoms in total. The average Bonchev–Trinajstić information content (AvgIpc) is 3.00. The van der Waals surface area contributed by atoms with Crippen molar-refractivity contribution in [3.63, 3.8) is 0 Å². The molecule has 5 unspecified atom stereocenters. The molecule has 0 aliphatic carbocycles. The largest absolute Gasteiger partial charge is 0.389 e. The number of aliphatic hydroxyl groups is 1. The molecule has 0 amide bonds. The second-order valence-electron chi connectivity index (χ2n) is 5.56. The molecule has 3 rings (SSSR count). The van der Waals surface area contributed by atoms with Gasteiger partial charge >= 0.3 is 0 Å². The Balaban J connectivity index is 1.78. The van der Waals surface area contributed by atoms with Crippen molar-refractivity contribution in [2.24, 2.45) is 5.92 Å². The highest BCUT2D eigenvalue weighted by Crippen LogP contribution is 2.35. The van der Waals surface area contributed by atoms with Crippen molar-refractivity contribution < 1.29 is 14.6 Å². The Bertz CT molecular complexity index is 411. The summed E-state index contributed by atoms with van der Waals surface area (Å²) in [6.45, 7) is 5.59. The first-order valence-corrected chi connectivity index (χ1v) is 6.69. The van der Waals surface area contributed by atoms with Gasteiger partial charge in [-0.05, 0) is 12.5 Å². The van der Waals surface area contributed by atoms with Gasteiger partial charge in [-0.1, -0.05) is 13.8 Å². The van der Waals surface area contributed by atoms with E-state index in [-0.39, 0.29) is 18.2 Å². The van der Waals surface area contributed by atoms with Gasteiger partial charge in [-0.2, -0.15) is 5.10 Å². The van der Waals surface area contributed by atoms with Crippen LogP contribution in [0.5, 0.6) is 0 Å². The minimum Gasteiger partial charge on any atom is -0.389 e. The number of aliphatic hydroxyl groups excluding tert-OH is 1. The number of rotatable bonds is 4. The lowest BCUT2D eigenvalue weighted by molar-refractivity contribution is -0.168. The van der Waals surface area contributed by atoms with E-state index < -0.39 is 12.4 Å². The summed E-state index contributed by atoms with van der Waals surface area (Å²) >= 11 is 0. The van der Waals surface area contributed by atoms with Crippen molar-refractivity contribution in [1.29, 1.82) is 0 Å². The second-order valence-corrected chi connectivity index (χ2v) is 5.56. The van der Waals surface area contributed by atoms with E-state index >= 15 is 0 Å². The van der Waals surface area contributed by atoms with Gasteiger partial charge in [0.2, 0.25) is 0 Å². The Labute approximate surface area is 111 Å². The van der Waals surface area contributed by atoms with Gasteiger partial charge < -0.3 is 19.9 Å². The molecule has 2 saturated heterocycles. The molecule has 0 saturated carbocycles. The Morgan fingerprint density at radius 3 is 3.05 bits per heavy atom. The molecule has 1 aromatic heterocycles. The van der Waals surface area contributed by atoms with Crippen LogP contribution in [0.4, 0.5) is 0 Å². The Morgan fingerprint density at radius 1 is 1.53 bits per heavy atom. The standard InChI is InChI=1S/C12H20N4O3/c1-7(2)3-14-9-8-4-18-12(19-8)10(11(9)17)16-6-13-5-15-16/h5-12,14,17H,3-4H2,1-2H3. The fraction of sp³-hybridized carbons (Fsp3) is 0.833. The molecule has 1 aromatic rings. The smallest absolute Gasteiger partial charge is 0.183 e. The molecular formula is C12H20N4O3. The number of hydrogen-bond donors (Lipinski definition) is 2. The first kappa shape index (κ1) is 13.0. The van der Waals surface area contributed by atoms with Gasteiger partial charge in [0.15, 0.2) is 6.29 Å². The normalized spacial score (nSPS) is 38.0. The van der Waals surface area contributed by atoms with Gasteiger partial charge in [0.25, 0.3) is 0 Å². The molecule has 2 N–H and O–H groups in total. The zero-order valence-electron chi connectivity index (χ0n) is 11.1. The Kier molecular flexibility index (Phi) is 3.53. The van der Waals surface area contributed by atoms with E-state index in [1.807, 2.05) is 0 Å². The first-order valence-electron chi connectivity index (χ1n) is 6.69. The van der Waals surface area contributed by atoms with E-state index in [2.05, 4.69) is 29.2 Å². The minimum absolute atomic E-state index is 0.0986. The van der Waals surface area contributed by atoms with Crippen molar-refractivity contribution in [1.82, 2.24) is 20.1 Å². The van der Waals surface area contributed by atoms with Crippen molar-refractivity contribution in [3.05, 3.63) is 12.7 Å². The maximum absolute atomic E-state index is 10.6. The molecule has 2 fully saturated rings. The van der Waals surface area contributed by atoms with E-state index in [0.717, 1.165) is 6.54 Å². The van der Waals surface area contributed by atoms with Gasteiger partial charge in [0, 0.05) is 0 Å². The highest BCUT2D eigenvalue weighted by atomic mass is 16.7. The molecular weight excluding hydrogens is 248 g/mol. The molecule has 106 valence electrons. The van der Waals surface area contributed by atoms with Crippen LogP contribution in [-0.2, 0) is 9.47 Å². The van der Waals surface area contributed by atoms with Crippen LogP contribution in [0, 0.1) is 5.92 Å². The van der Waals surface area contributed by atoms with Crippen LogP contribution >= 0.6 is 0 Å². The molecule has 2 aliphatic rings.